The lowest BCUT2D eigenvalue weighted by Crippen LogP contribution is -2.38. The Morgan fingerprint density at radius 2 is 2.16 bits per heavy atom. The number of sulfonamides is 1. The molecule has 2 aliphatic rings. The number of halogens is 1. The van der Waals surface area contributed by atoms with Crippen LogP contribution in [0, 0.1) is 11.8 Å². The molecule has 0 aromatic carbocycles. The smallest absolute Gasteiger partial charge is 0.242 e. The van der Waals surface area contributed by atoms with Gasteiger partial charge >= 0.3 is 0 Å². The van der Waals surface area contributed by atoms with Gasteiger partial charge in [-0.1, -0.05) is 18.0 Å². The van der Waals surface area contributed by atoms with Crippen LogP contribution < -0.4 is 10.5 Å². The summed E-state index contributed by atoms with van der Waals surface area (Å²) >= 11 is 5.82. The van der Waals surface area contributed by atoms with Gasteiger partial charge < -0.3 is 5.73 Å². The number of hydrogen-bond donors (Lipinski definition) is 2. The van der Waals surface area contributed by atoms with E-state index in [4.69, 9.17) is 17.3 Å². The Morgan fingerprint density at radius 1 is 1.37 bits per heavy atom. The van der Waals surface area contributed by atoms with Crippen LogP contribution in [0.25, 0.3) is 0 Å². The van der Waals surface area contributed by atoms with Gasteiger partial charge in [-0.2, -0.15) is 0 Å². The van der Waals surface area contributed by atoms with Crippen molar-refractivity contribution < 1.29 is 8.42 Å². The molecule has 5 nitrogen and oxygen atoms in total. The first-order chi connectivity index (χ1) is 8.95. The highest BCUT2D eigenvalue weighted by Gasteiger charge is 2.41. The van der Waals surface area contributed by atoms with Gasteiger partial charge in [0.1, 0.15) is 10.7 Å². The third kappa shape index (κ3) is 2.44. The highest BCUT2D eigenvalue weighted by molar-refractivity contribution is 7.89. The molecule has 1 aromatic heterocycles. The first-order valence-electron chi connectivity index (χ1n) is 6.39. The van der Waals surface area contributed by atoms with E-state index < -0.39 is 10.0 Å². The molecule has 0 aliphatic heterocycles. The molecule has 7 heteroatoms. The highest BCUT2D eigenvalue weighted by atomic mass is 35.5. The zero-order chi connectivity index (χ0) is 13.6. The van der Waals surface area contributed by atoms with Crippen molar-refractivity contribution in [2.75, 3.05) is 5.73 Å². The Kier molecular flexibility index (Phi) is 3.19. The van der Waals surface area contributed by atoms with Crippen LogP contribution in [0.2, 0.25) is 5.02 Å². The lowest BCUT2D eigenvalue weighted by Gasteiger charge is -2.22. The van der Waals surface area contributed by atoms with E-state index in [0.717, 1.165) is 19.3 Å². The second kappa shape index (κ2) is 4.61. The minimum atomic E-state index is -3.56. The SMILES string of the molecule is Nc1ncc(S(=O)(=O)NC2CC3CCC2C3)cc1Cl. The van der Waals surface area contributed by atoms with E-state index in [0.29, 0.717) is 11.8 Å². The molecule has 3 atom stereocenters. The predicted octanol–water partition coefficient (Wildman–Crippen LogP) is 1.78. The van der Waals surface area contributed by atoms with Crippen LogP contribution in [-0.4, -0.2) is 19.4 Å². The minimum Gasteiger partial charge on any atom is -0.382 e. The fourth-order valence-electron chi connectivity index (χ4n) is 3.23. The molecule has 1 aromatic rings. The third-order valence-electron chi connectivity index (χ3n) is 4.20. The monoisotopic (exact) mass is 301 g/mol. The number of nitrogens with one attached hydrogen (secondary N) is 1. The van der Waals surface area contributed by atoms with Gasteiger partial charge in [0.15, 0.2) is 0 Å². The topological polar surface area (TPSA) is 85.1 Å². The van der Waals surface area contributed by atoms with E-state index in [-0.39, 0.29) is 21.8 Å². The maximum atomic E-state index is 12.3. The first-order valence-corrected chi connectivity index (χ1v) is 8.25. The van der Waals surface area contributed by atoms with Crippen LogP contribution >= 0.6 is 11.6 Å². The van der Waals surface area contributed by atoms with Crippen LogP contribution in [-0.2, 0) is 10.0 Å². The van der Waals surface area contributed by atoms with E-state index in [1.165, 1.54) is 18.7 Å². The fourth-order valence-corrected chi connectivity index (χ4v) is 4.75. The minimum absolute atomic E-state index is 0.0556. The molecular formula is C12H16ClN3O2S. The van der Waals surface area contributed by atoms with E-state index in [1.54, 1.807) is 0 Å². The Hall–Kier alpha value is -0.850. The Balaban J connectivity index is 1.80. The predicted molar refractivity (Wildman–Crippen MR) is 73.2 cm³/mol. The summed E-state index contributed by atoms with van der Waals surface area (Å²) in [6.45, 7) is 0. The molecule has 0 spiro atoms. The molecule has 2 fully saturated rings. The van der Waals surface area contributed by atoms with Gasteiger partial charge in [0.2, 0.25) is 10.0 Å². The van der Waals surface area contributed by atoms with Gasteiger partial charge in [0.25, 0.3) is 0 Å². The summed E-state index contributed by atoms with van der Waals surface area (Å²) in [5.41, 5.74) is 5.49. The average molecular weight is 302 g/mol. The number of pyridine rings is 1. The van der Waals surface area contributed by atoms with Crippen molar-refractivity contribution in [1.29, 1.82) is 0 Å². The Morgan fingerprint density at radius 3 is 2.74 bits per heavy atom. The second-order valence-corrected chi connectivity index (χ2v) is 7.56. The highest BCUT2D eigenvalue weighted by Crippen LogP contribution is 2.44. The Bertz CT molecular complexity index is 605. The molecule has 2 bridgehead atoms. The van der Waals surface area contributed by atoms with E-state index in [2.05, 4.69) is 9.71 Å². The van der Waals surface area contributed by atoms with Crippen molar-refractivity contribution in [2.45, 2.75) is 36.6 Å². The van der Waals surface area contributed by atoms with E-state index in [1.807, 2.05) is 0 Å². The number of nitrogens with zero attached hydrogens (tertiary/aromatic N) is 1. The van der Waals surface area contributed by atoms with Gasteiger partial charge in [0.05, 0.1) is 5.02 Å². The van der Waals surface area contributed by atoms with Crippen molar-refractivity contribution in [3.05, 3.63) is 17.3 Å². The number of nitrogens with two attached hydrogens (primary N) is 1. The molecular weight excluding hydrogens is 286 g/mol. The first kappa shape index (κ1) is 13.1. The molecule has 2 aliphatic carbocycles. The molecule has 1 heterocycles. The van der Waals surface area contributed by atoms with Gasteiger partial charge in [-0.25, -0.2) is 18.1 Å². The van der Waals surface area contributed by atoms with Crippen molar-refractivity contribution in [3.8, 4) is 0 Å². The van der Waals surface area contributed by atoms with Crippen molar-refractivity contribution in [1.82, 2.24) is 9.71 Å². The normalized spacial score (nSPS) is 29.8. The van der Waals surface area contributed by atoms with Crippen molar-refractivity contribution in [3.63, 3.8) is 0 Å². The van der Waals surface area contributed by atoms with Gasteiger partial charge in [-0.15, -0.1) is 0 Å². The summed E-state index contributed by atoms with van der Waals surface area (Å²) in [7, 11) is -3.56. The van der Waals surface area contributed by atoms with Gasteiger partial charge in [-0.05, 0) is 37.2 Å². The summed E-state index contributed by atoms with van der Waals surface area (Å²) in [6.07, 6.45) is 5.70. The Labute approximate surface area is 117 Å². The molecule has 3 N–H and O–H groups in total. The van der Waals surface area contributed by atoms with Gasteiger partial charge in [0, 0.05) is 12.2 Å². The van der Waals surface area contributed by atoms with Gasteiger partial charge in [-0.3, -0.25) is 0 Å². The molecule has 3 rings (SSSR count). The largest absolute Gasteiger partial charge is 0.382 e. The standard InChI is InChI=1S/C12H16ClN3O2S/c13-10-5-9(6-15-12(10)14)19(17,18)16-11-4-7-1-2-8(11)3-7/h5-8,11,16H,1-4H2,(H2,14,15). The quantitative estimate of drug-likeness (QED) is 0.891. The summed E-state index contributed by atoms with van der Waals surface area (Å²) in [5.74, 6) is 1.31. The zero-order valence-corrected chi connectivity index (χ0v) is 11.9. The molecule has 0 radical (unpaired) electrons. The van der Waals surface area contributed by atoms with E-state index in [9.17, 15) is 8.42 Å². The number of nitrogen functional groups attached to an aromatic ring is 1. The number of rotatable bonds is 3. The molecule has 2 saturated carbocycles. The number of hydrogen-bond acceptors (Lipinski definition) is 4. The lowest BCUT2D eigenvalue weighted by molar-refractivity contribution is 0.390. The van der Waals surface area contributed by atoms with E-state index >= 15 is 0 Å². The van der Waals surface area contributed by atoms with Crippen LogP contribution in [0.3, 0.4) is 0 Å². The average Bonchev–Trinajstić information content (AvgIpc) is 2.94. The number of aromatic nitrogens is 1. The summed E-state index contributed by atoms with van der Waals surface area (Å²) in [6, 6.07) is 1.40. The molecule has 104 valence electrons. The summed E-state index contributed by atoms with van der Waals surface area (Å²) < 4.78 is 27.3. The summed E-state index contributed by atoms with van der Waals surface area (Å²) in [4.78, 5) is 3.87. The van der Waals surface area contributed by atoms with Crippen LogP contribution in [0.4, 0.5) is 5.82 Å². The maximum Gasteiger partial charge on any atom is 0.242 e. The van der Waals surface area contributed by atoms with Crippen LogP contribution in [0.5, 0.6) is 0 Å². The number of anilines is 1. The molecule has 3 unspecified atom stereocenters. The van der Waals surface area contributed by atoms with Crippen molar-refractivity contribution >= 4 is 27.4 Å². The molecule has 0 saturated heterocycles. The van der Waals surface area contributed by atoms with Crippen molar-refractivity contribution in [2.24, 2.45) is 11.8 Å². The molecule has 0 amide bonds. The summed E-state index contributed by atoms with van der Waals surface area (Å²) in [5, 5.41) is 0.163. The zero-order valence-electron chi connectivity index (χ0n) is 10.3. The third-order valence-corrected chi connectivity index (χ3v) is 5.96. The maximum absolute atomic E-state index is 12.3. The second-order valence-electron chi connectivity index (χ2n) is 5.44. The molecule has 19 heavy (non-hydrogen) atoms. The lowest BCUT2D eigenvalue weighted by atomic mass is 9.96. The van der Waals surface area contributed by atoms with Crippen LogP contribution in [0.1, 0.15) is 25.7 Å². The fraction of sp³-hybridized carbons (Fsp3) is 0.583. The van der Waals surface area contributed by atoms with Crippen LogP contribution in [0.15, 0.2) is 17.2 Å². The number of fused-ring (bicyclic) bond motifs is 2.